The van der Waals surface area contributed by atoms with Gasteiger partial charge in [0.1, 0.15) is 0 Å². The summed E-state index contributed by atoms with van der Waals surface area (Å²) in [5.74, 6) is 0.608. The number of aliphatic hydroxyl groups is 1. The van der Waals surface area contributed by atoms with E-state index in [0.29, 0.717) is 18.4 Å². The maximum Gasteiger partial charge on any atom is 0.309 e. The molecule has 1 rings (SSSR count). The number of hydrogen-bond acceptors (Lipinski definition) is 3. The van der Waals surface area contributed by atoms with Gasteiger partial charge in [-0.05, 0) is 38.0 Å². The number of rotatable bonds is 3. The van der Waals surface area contributed by atoms with E-state index in [2.05, 4.69) is 6.92 Å². The van der Waals surface area contributed by atoms with E-state index in [1.807, 2.05) is 6.92 Å². The topological polar surface area (TPSA) is 46.5 Å². The van der Waals surface area contributed by atoms with Crippen molar-refractivity contribution in [3.05, 3.63) is 0 Å². The maximum atomic E-state index is 11.6. The van der Waals surface area contributed by atoms with Crippen LogP contribution in [0.3, 0.4) is 0 Å². The molecule has 1 N–H and O–H groups in total. The van der Waals surface area contributed by atoms with Gasteiger partial charge in [0.05, 0.1) is 12.5 Å². The quantitative estimate of drug-likeness (QED) is 0.704. The highest BCUT2D eigenvalue weighted by Gasteiger charge is 2.33. The molecule has 3 nitrogen and oxygen atoms in total. The Kier molecular flexibility index (Phi) is 4.39. The molecular weight excluding hydrogens is 180 g/mol. The minimum absolute atomic E-state index is 0.000787. The van der Waals surface area contributed by atoms with E-state index in [9.17, 15) is 4.79 Å². The zero-order valence-corrected chi connectivity index (χ0v) is 9.03. The number of carbonyl (C=O) groups excluding carboxylic acids is 1. The average Bonchev–Trinajstić information content (AvgIpc) is 2.19. The van der Waals surface area contributed by atoms with Gasteiger partial charge in [-0.25, -0.2) is 0 Å². The molecule has 3 heteroatoms. The van der Waals surface area contributed by atoms with E-state index in [1.54, 1.807) is 0 Å². The van der Waals surface area contributed by atoms with E-state index in [-0.39, 0.29) is 18.5 Å². The molecule has 1 aliphatic carbocycles. The molecule has 0 spiro atoms. The number of esters is 1. The first kappa shape index (κ1) is 11.5. The summed E-state index contributed by atoms with van der Waals surface area (Å²) >= 11 is 0. The highest BCUT2D eigenvalue weighted by Crippen LogP contribution is 2.34. The Hall–Kier alpha value is -0.570. The number of carbonyl (C=O) groups is 1. The van der Waals surface area contributed by atoms with Crippen molar-refractivity contribution in [3.63, 3.8) is 0 Å². The van der Waals surface area contributed by atoms with Crippen molar-refractivity contribution in [2.45, 2.75) is 33.1 Å². The summed E-state index contributed by atoms with van der Waals surface area (Å²) in [4.78, 5) is 11.6. The first-order chi connectivity index (χ1) is 6.69. The first-order valence-electron chi connectivity index (χ1n) is 5.46. The molecule has 0 bridgehead atoms. The Morgan fingerprint density at radius 2 is 2.21 bits per heavy atom. The number of ether oxygens (including phenoxy) is 1. The third-order valence-electron chi connectivity index (χ3n) is 3.15. The molecule has 14 heavy (non-hydrogen) atoms. The number of hydrogen-bond donors (Lipinski definition) is 1. The van der Waals surface area contributed by atoms with Gasteiger partial charge in [-0.15, -0.1) is 0 Å². The van der Waals surface area contributed by atoms with Crippen LogP contribution in [0.4, 0.5) is 0 Å². The van der Waals surface area contributed by atoms with Crippen molar-refractivity contribution in [1.29, 1.82) is 0 Å². The van der Waals surface area contributed by atoms with Gasteiger partial charge in [-0.1, -0.05) is 6.92 Å². The fourth-order valence-corrected chi connectivity index (χ4v) is 2.15. The Morgan fingerprint density at radius 3 is 2.79 bits per heavy atom. The highest BCUT2D eigenvalue weighted by molar-refractivity contribution is 5.72. The molecule has 0 aliphatic heterocycles. The van der Waals surface area contributed by atoms with Crippen LogP contribution >= 0.6 is 0 Å². The largest absolute Gasteiger partial charge is 0.466 e. The molecule has 0 aromatic rings. The van der Waals surface area contributed by atoms with Crippen LogP contribution in [0.5, 0.6) is 0 Å². The van der Waals surface area contributed by atoms with Gasteiger partial charge in [0.15, 0.2) is 0 Å². The smallest absolute Gasteiger partial charge is 0.309 e. The van der Waals surface area contributed by atoms with Crippen LogP contribution in [0.15, 0.2) is 0 Å². The predicted molar refractivity (Wildman–Crippen MR) is 53.7 cm³/mol. The molecule has 3 atom stereocenters. The molecule has 1 saturated carbocycles. The Morgan fingerprint density at radius 1 is 1.50 bits per heavy atom. The Balaban J connectivity index is 2.51. The van der Waals surface area contributed by atoms with Gasteiger partial charge in [-0.2, -0.15) is 0 Å². The second kappa shape index (κ2) is 5.35. The maximum absolute atomic E-state index is 11.6. The van der Waals surface area contributed by atoms with Crippen LogP contribution in [0.1, 0.15) is 33.1 Å². The van der Waals surface area contributed by atoms with Gasteiger partial charge in [0, 0.05) is 6.61 Å². The summed E-state index contributed by atoms with van der Waals surface area (Å²) in [5, 5.41) is 9.05. The van der Waals surface area contributed by atoms with Crippen molar-refractivity contribution >= 4 is 5.97 Å². The molecule has 0 heterocycles. The van der Waals surface area contributed by atoms with Gasteiger partial charge in [-0.3, -0.25) is 4.79 Å². The molecule has 1 fully saturated rings. The molecule has 0 unspecified atom stereocenters. The average molecular weight is 200 g/mol. The van der Waals surface area contributed by atoms with Crippen molar-refractivity contribution in [2.75, 3.05) is 13.2 Å². The Labute approximate surface area is 85.5 Å². The molecule has 0 aromatic carbocycles. The minimum atomic E-state index is -0.0850. The normalized spacial score (nSPS) is 32.6. The van der Waals surface area contributed by atoms with E-state index in [4.69, 9.17) is 9.84 Å². The summed E-state index contributed by atoms with van der Waals surface area (Å²) in [6, 6.07) is 0. The summed E-state index contributed by atoms with van der Waals surface area (Å²) < 4.78 is 5.02. The van der Waals surface area contributed by atoms with Crippen molar-refractivity contribution < 1.29 is 14.6 Å². The summed E-state index contributed by atoms with van der Waals surface area (Å²) in [6.45, 7) is 4.57. The lowest BCUT2D eigenvalue weighted by Crippen LogP contribution is -2.32. The molecule has 82 valence electrons. The first-order valence-corrected chi connectivity index (χ1v) is 5.46. The van der Waals surface area contributed by atoms with Gasteiger partial charge in [0.25, 0.3) is 0 Å². The second-order valence-electron chi connectivity index (χ2n) is 4.20. The van der Waals surface area contributed by atoms with Crippen LogP contribution in [-0.4, -0.2) is 24.3 Å². The fourth-order valence-electron chi connectivity index (χ4n) is 2.15. The van der Waals surface area contributed by atoms with Crippen LogP contribution in [0.25, 0.3) is 0 Å². The molecule has 0 radical (unpaired) electrons. The van der Waals surface area contributed by atoms with Crippen molar-refractivity contribution in [2.24, 2.45) is 17.8 Å². The van der Waals surface area contributed by atoms with Gasteiger partial charge < -0.3 is 9.84 Å². The third kappa shape index (κ3) is 2.71. The summed E-state index contributed by atoms with van der Waals surface area (Å²) in [6.07, 6.45) is 2.85. The van der Waals surface area contributed by atoms with Crippen LogP contribution in [-0.2, 0) is 9.53 Å². The van der Waals surface area contributed by atoms with E-state index < -0.39 is 0 Å². The molecule has 0 saturated heterocycles. The predicted octanol–water partition coefficient (Wildman–Crippen LogP) is 1.59. The van der Waals surface area contributed by atoms with E-state index >= 15 is 0 Å². The van der Waals surface area contributed by atoms with Gasteiger partial charge in [0.2, 0.25) is 0 Å². The molecule has 1 aliphatic rings. The molecular formula is C11H20O3. The standard InChI is InChI=1S/C11H20O3/c1-3-14-11(13)10-6-9(7-12)5-4-8(10)2/h8-10,12H,3-7H2,1-2H3/t8-,9-,10-/m1/s1. The lowest BCUT2D eigenvalue weighted by atomic mass is 9.75. The summed E-state index contributed by atoms with van der Waals surface area (Å²) in [7, 11) is 0. The van der Waals surface area contributed by atoms with Crippen LogP contribution < -0.4 is 0 Å². The lowest BCUT2D eigenvalue weighted by Gasteiger charge is -2.31. The number of aliphatic hydroxyl groups excluding tert-OH is 1. The zero-order chi connectivity index (χ0) is 10.6. The molecule has 0 aromatic heterocycles. The van der Waals surface area contributed by atoms with E-state index in [0.717, 1.165) is 19.3 Å². The second-order valence-corrected chi connectivity index (χ2v) is 4.20. The van der Waals surface area contributed by atoms with E-state index in [1.165, 1.54) is 0 Å². The van der Waals surface area contributed by atoms with Crippen molar-refractivity contribution in [1.82, 2.24) is 0 Å². The monoisotopic (exact) mass is 200 g/mol. The van der Waals surface area contributed by atoms with Crippen LogP contribution in [0.2, 0.25) is 0 Å². The molecule has 0 amide bonds. The lowest BCUT2D eigenvalue weighted by molar-refractivity contribution is -0.152. The zero-order valence-electron chi connectivity index (χ0n) is 9.03. The third-order valence-corrected chi connectivity index (χ3v) is 3.15. The fraction of sp³-hybridized carbons (Fsp3) is 0.909. The van der Waals surface area contributed by atoms with Crippen molar-refractivity contribution in [3.8, 4) is 0 Å². The van der Waals surface area contributed by atoms with Gasteiger partial charge >= 0.3 is 5.97 Å². The SMILES string of the molecule is CCOC(=O)[C@@H]1C[C@H](CO)CC[C@H]1C. The minimum Gasteiger partial charge on any atom is -0.466 e. The highest BCUT2D eigenvalue weighted by atomic mass is 16.5. The Bertz CT molecular complexity index is 191. The summed E-state index contributed by atoms with van der Waals surface area (Å²) in [5.41, 5.74) is 0. The van der Waals surface area contributed by atoms with Crippen LogP contribution in [0, 0.1) is 17.8 Å².